The van der Waals surface area contributed by atoms with Crippen LogP contribution in [0.2, 0.25) is 0 Å². The van der Waals surface area contributed by atoms with E-state index in [1.165, 1.54) is 0 Å². The number of carbonyl (C=O) groups is 1. The molecule has 104 valence electrons. The van der Waals surface area contributed by atoms with Crippen LogP contribution in [0.3, 0.4) is 0 Å². The van der Waals surface area contributed by atoms with Gasteiger partial charge >= 0.3 is 0 Å². The van der Waals surface area contributed by atoms with Crippen LogP contribution in [0.25, 0.3) is 0 Å². The minimum Gasteiger partial charge on any atom is -0.491 e. The smallest absolute Gasteiger partial charge is 0.241 e. The van der Waals surface area contributed by atoms with Crippen LogP contribution in [-0.4, -0.2) is 30.2 Å². The Bertz CT molecular complexity index is 460. The van der Waals surface area contributed by atoms with E-state index in [9.17, 15) is 4.79 Å². The molecule has 19 heavy (non-hydrogen) atoms. The molecule has 1 saturated carbocycles. The van der Waals surface area contributed by atoms with Gasteiger partial charge in [0.1, 0.15) is 17.9 Å². The Morgan fingerprint density at radius 2 is 2.32 bits per heavy atom. The molecule has 1 aliphatic rings. The van der Waals surface area contributed by atoms with Gasteiger partial charge in [-0.1, -0.05) is 12.1 Å². The standard InChI is InChI=1S/C14H20N2O3/c1-16-14(13(15)18,11-5-6-11)9-19-12-4-2-3-10(7-12)8-17/h2-4,7,11,16-17H,5-6,8-9H2,1H3,(H2,15,18). The van der Waals surface area contributed by atoms with Gasteiger partial charge in [-0.2, -0.15) is 0 Å². The molecule has 1 aromatic rings. The maximum Gasteiger partial charge on any atom is 0.241 e. The zero-order valence-electron chi connectivity index (χ0n) is 11.1. The van der Waals surface area contributed by atoms with E-state index >= 15 is 0 Å². The van der Waals surface area contributed by atoms with Gasteiger partial charge in [-0.05, 0) is 43.5 Å². The largest absolute Gasteiger partial charge is 0.491 e. The van der Waals surface area contributed by atoms with E-state index in [-0.39, 0.29) is 25.0 Å². The topological polar surface area (TPSA) is 84.6 Å². The van der Waals surface area contributed by atoms with Crippen LogP contribution in [0.15, 0.2) is 24.3 Å². The number of rotatable bonds is 7. The minimum atomic E-state index is -0.796. The van der Waals surface area contributed by atoms with Crippen LogP contribution in [0.5, 0.6) is 5.75 Å². The zero-order chi connectivity index (χ0) is 13.9. The van der Waals surface area contributed by atoms with Crippen molar-refractivity contribution < 1.29 is 14.6 Å². The number of ether oxygens (including phenoxy) is 1. The van der Waals surface area contributed by atoms with Crippen molar-refractivity contribution in [3.05, 3.63) is 29.8 Å². The summed E-state index contributed by atoms with van der Waals surface area (Å²) in [4.78, 5) is 11.7. The molecule has 1 fully saturated rings. The van der Waals surface area contributed by atoms with Crippen LogP contribution < -0.4 is 15.8 Å². The number of aliphatic hydroxyl groups excluding tert-OH is 1. The van der Waals surface area contributed by atoms with Crippen LogP contribution in [0.1, 0.15) is 18.4 Å². The maximum atomic E-state index is 11.7. The van der Waals surface area contributed by atoms with Crippen LogP contribution in [0, 0.1) is 5.92 Å². The number of hydrogen-bond acceptors (Lipinski definition) is 4. The lowest BCUT2D eigenvalue weighted by atomic mass is 9.93. The molecule has 0 saturated heterocycles. The van der Waals surface area contributed by atoms with Crippen molar-refractivity contribution in [3.8, 4) is 5.75 Å². The van der Waals surface area contributed by atoms with Gasteiger partial charge in [-0.25, -0.2) is 0 Å². The van der Waals surface area contributed by atoms with Crippen LogP contribution in [0.4, 0.5) is 0 Å². The second-order valence-electron chi connectivity index (χ2n) is 4.95. The van der Waals surface area contributed by atoms with Crippen LogP contribution >= 0.6 is 0 Å². The van der Waals surface area contributed by atoms with E-state index in [1.54, 1.807) is 19.2 Å². The Labute approximate surface area is 112 Å². The summed E-state index contributed by atoms with van der Waals surface area (Å²) in [6.07, 6.45) is 1.98. The molecule has 0 aromatic heterocycles. The van der Waals surface area contributed by atoms with Crippen molar-refractivity contribution in [2.45, 2.75) is 25.0 Å². The van der Waals surface area contributed by atoms with Gasteiger partial charge in [-0.3, -0.25) is 4.79 Å². The molecule has 2 rings (SSSR count). The minimum absolute atomic E-state index is 0.0349. The van der Waals surface area contributed by atoms with E-state index in [1.807, 2.05) is 12.1 Å². The highest BCUT2D eigenvalue weighted by Crippen LogP contribution is 2.39. The first kappa shape index (κ1) is 13.8. The second-order valence-corrected chi connectivity index (χ2v) is 4.95. The lowest BCUT2D eigenvalue weighted by molar-refractivity contribution is -0.126. The molecule has 5 heteroatoms. The molecule has 4 N–H and O–H groups in total. The average Bonchev–Trinajstić information content (AvgIpc) is 3.25. The summed E-state index contributed by atoms with van der Waals surface area (Å²) in [5, 5.41) is 12.1. The number of amides is 1. The first-order valence-corrected chi connectivity index (χ1v) is 6.44. The molecular formula is C14H20N2O3. The number of likely N-dealkylation sites (N-methyl/N-ethyl adjacent to an activating group) is 1. The SMILES string of the molecule is CNC(COc1cccc(CO)c1)(C(N)=O)C1CC1. The fraction of sp³-hybridized carbons (Fsp3) is 0.500. The molecule has 1 atom stereocenters. The predicted octanol–water partition coefficient (Wildman–Crippen LogP) is 0.411. The van der Waals surface area contributed by atoms with Gasteiger partial charge in [-0.15, -0.1) is 0 Å². The van der Waals surface area contributed by atoms with Crippen molar-refractivity contribution in [1.29, 1.82) is 0 Å². The quantitative estimate of drug-likeness (QED) is 0.666. The Morgan fingerprint density at radius 3 is 2.84 bits per heavy atom. The summed E-state index contributed by atoms with van der Waals surface area (Å²) in [5.41, 5.74) is 5.50. The van der Waals surface area contributed by atoms with Crippen molar-refractivity contribution in [1.82, 2.24) is 5.32 Å². The Kier molecular flexibility index (Phi) is 4.07. The van der Waals surface area contributed by atoms with E-state index in [2.05, 4.69) is 5.32 Å². The highest BCUT2D eigenvalue weighted by atomic mass is 16.5. The first-order chi connectivity index (χ1) is 9.12. The molecule has 1 unspecified atom stereocenters. The Morgan fingerprint density at radius 1 is 1.58 bits per heavy atom. The highest BCUT2D eigenvalue weighted by molar-refractivity contribution is 5.85. The third-order valence-electron chi connectivity index (χ3n) is 3.71. The van der Waals surface area contributed by atoms with Crippen molar-refractivity contribution in [2.75, 3.05) is 13.7 Å². The zero-order valence-corrected chi connectivity index (χ0v) is 11.1. The fourth-order valence-electron chi connectivity index (χ4n) is 2.30. The van der Waals surface area contributed by atoms with Gasteiger partial charge in [0, 0.05) is 0 Å². The summed E-state index contributed by atoms with van der Waals surface area (Å²) in [5.74, 6) is 0.500. The number of nitrogens with one attached hydrogen (secondary N) is 1. The van der Waals surface area contributed by atoms with Crippen LogP contribution in [-0.2, 0) is 11.4 Å². The normalized spacial score (nSPS) is 17.8. The third-order valence-corrected chi connectivity index (χ3v) is 3.71. The second kappa shape index (κ2) is 5.59. The van der Waals surface area contributed by atoms with Gasteiger partial charge in [0.25, 0.3) is 0 Å². The lowest BCUT2D eigenvalue weighted by Crippen LogP contribution is -2.59. The summed E-state index contributed by atoms with van der Waals surface area (Å²) in [6, 6.07) is 7.18. The van der Waals surface area contributed by atoms with Gasteiger partial charge in [0.05, 0.1) is 6.61 Å². The van der Waals surface area contributed by atoms with E-state index in [4.69, 9.17) is 15.6 Å². The molecule has 0 bridgehead atoms. The first-order valence-electron chi connectivity index (χ1n) is 6.44. The number of carbonyl (C=O) groups excluding carboxylic acids is 1. The molecule has 1 amide bonds. The van der Waals surface area contributed by atoms with Crippen molar-refractivity contribution in [2.24, 2.45) is 11.7 Å². The fourth-order valence-corrected chi connectivity index (χ4v) is 2.30. The third kappa shape index (κ3) is 2.88. The number of primary amides is 1. The van der Waals surface area contributed by atoms with Gasteiger partial charge in [0.15, 0.2) is 0 Å². The monoisotopic (exact) mass is 264 g/mol. The molecule has 1 aliphatic carbocycles. The Balaban J connectivity index is 2.08. The average molecular weight is 264 g/mol. The van der Waals surface area contributed by atoms with Gasteiger partial charge < -0.3 is 20.9 Å². The van der Waals surface area contributed by atoms with Crippen molar-refractivity contribution in [3.63, 3.8) is 0 Å². The lowest BCUT2D eigenvalue weighted by Gasteiger charge is -2.30. The summed E-state index contributed by atoms with van der Waals surface area (Å²) in [6.45, 7) is 0.172. The van der Waals surface area contributed by atoms with Gasteiger partial charge in [0.2, 0.25) is 5.91 Å². The molecular weight excluding hydrogens is 244 g/mol. The molecule has 0 aliphatic heterocycles. The maximum absolute atomic E-state index is 11.7. The van der Waals surface area contributed by atoms with Crippen molar-refractivity contribution >= 4 is 5.91 Å². The molecule has 0 radical (unpaired) electrons. The summed E-state index contributed by atoms with van der Waals surface area (Å²) < 4.78 is 5.69. The molecule has 0 spiro atoms. The summed E-state index contributed by atoms with van der Waals surface area (Å²) >= 11 is 0. The molecule has 1 aromatic carbocycles. The summed E-state index contributed by atoms with van der Waals surface area (Å²) in [7, 11) is 1.73. The number of benzene rings is 1. The Hall–Kier alpha value is -1.59. The predicted molar refractivity (Wildman–Crippen MR) is 71.6 cm³/mol. The number of aliphatic hydroxyl groups is 1. The molecule has 5 nitrogen and oxygen atoms in total. The van der Waals surface area contributed by atoms with E-state index < -0.39 is 5.54 Å². The number of nitrogens with two attached hydrogens (primary N) is 1. The number of hydrogen-bond donors (Lipinski definition) is 3. The van der Waals surface area contributed by atoms with E-state index in [0.717, 1.165) is 18.4 Å². The molecule has 0 heterocycles. The van der Waals surface area contributed by atoms with E-state index in [0.29, 0.717) is 5.75 Å². The highest BCUT2D eigenvalue weighted by Gasteiger charge is 2.49.